The van der Waals surface area contributed by atoms with Crippen LogP contribution in [0.4, 0.5) is 0 Å². The second-order valence-electron chi connectivity index (χ2n) is 10.8. The van der Waals surface area contributed by atoms with Crippen LogP contribution in [0.15, 0.2) is 53.3 Å². The first kappa shape index (κ1) is 31.6. The summed E-state index contributed by atoms with van der Waals surface area (Å²) in [4.78, 5) is 0. The predicted octanol–water partition coefficient (Wildman–Crippen LogP) is 11.0. The van der Waals surface area contributed by atoms with Crippen LogP contribution in [0.5, 0.6) is 0 Å². The summed E-state index contributed by atoms with van der Waals surface area (Å²) >= 11 is 3.46. The number of rotatable bonds is 21. The van der Waals surface area contributed by atoms with Gasteiger partial charge in [-0.25, -0.2) is 4.57 Å². The third kappa shape index (κ3) is 17.5. The molecule has 0 aliphatic heterocycles. The largest absolute Gasteiger partial charge is 0.205 e. The van der Waals surface area contributed by atoms with Crippen LogP contribution < -0.4 is 4.57 Å². The molecule has 0 unspecified atom stereocenters. The third-order valence-corrected chi connectivity index (χ3v) is 7.89. The van der Waals surface area contributed by atoms with E-state index in [0.717, 1.165) is 22.1 Å². The molecule has 0 radical (unpaired) electrons. The maximum atomic E-state index is 3.46. The molecule has 2 aromatic rings. The molecule has 0 saturated carbocycles. The summed E-state index contributed by atoms with van der Waals surface area (Å²) < 4.78 is 3.38. The zero-order chi connectivity index (χ0) is 26.2. The van der Waals surface area contributed by atoms with Gasteiger partial charge in [-0.05, 0) is 30.7 Å². The van der Waals surface area contributed by atoms with E-state index in [1.807, 2.05) is 24.3 Å². The summed E-state index contributed by atoms with van der Waals surface area (Å²) in [5, 5.41) is 0. The van der Waals surface area contributed by atoms with Crippen molar-refractivity contribution in [3.63, 3.8) is 0 Å². The van der Waals surface area contributed by atoms with Crippen molar-refractivity contribution < 1.29 is 4.57 Å². The van der Waals surface area contributed by atoms with E-state index in [2.05, 4.69) is 63.8 Å². The van der Waals surface area contributed by atoms with Crippen molar-refractivity contribution in [2.45, 2.75) is 142 Å². The van der Waals surface area contributed by atoms with Crippen molar-refractivity contribution in [1.29, 1.82) is 0 Å². The molecule has 1 aromatic carbocycles. The third-order valence-electron chi connectivity index (χ3n) is 7.36. The number of aromatic nitrogens is 1. The van der Waals surface area contributed by atoms with Gasteiger partial charge in [-0.15, -0.1) is 0 Å². The minimum absolute atomic E-state index is 1.05. The Hall–Kier alpha value is -1.59. The second-order valence-corrected chi connectivity index (χ2v) is 11.7. The van der Waals surface area contributed by atoms with E-state index >= 15 is 0 Å². The highest BCUT2D eigenvalue weighted by molar-refractivity contribution is 9.10. The standard InChI is InChI=1S/C35H53BrN/c1-2-3-4-5-6-7-8-9-10-11-12-13-14-15-16-17-18-19-20-21-30-37-31-28-34(29-32-37)23-22-33-24-26-35(36)27-25-33/h24-29,31-32H,2-21,30H2,1H3/q+1. The molecule has 1 aromatic heterocycles. The van der Waals surface area contributed by atoms with E-state index < -0.39 is 0 Å². The molecule has 1 heterocycles. The summed E-state index contributed by atoms with van der Waals surface area (Å²) in [6.07, 6.45) is 33.0. The Labute approximate surface area is 238 Å². The molecule has 0 saturated heterocycles. The lowest BCUT2D eigenvalue weighted by molar-refractivity contribution is -0.697. The Morgan fingerprint density at radius 2 is 0.838 bits per heavy atom. The van der Waals surface area contributed by atoms with Crippen LogP contribution >= 0.6 is 15.9 Å². The van der Waals surface area contributed by atoms with Gasteiger partial charge in [0, 0.05) is 34.2 Å². The normalized spacial score (nSPS) is 10.9. The molecule has 1 nitrogen and oxygen atoms in total. The average Bonchev–Trinajstić information content (AvgIpc) is 2.92. The molecule has 0 spiro atoms. The van der Waals surface area contributed by atoms with Gasteiger partial charge in [-0.1, -0.05) is 150 Å². The first-order chi connectivity index (χ1) is 18.3. The van der Waals surface area contributed by atoms with Gasteiger partial charge in [0.1, 0.15) is 6.54 Å². The number of nitrogens with zero attached hydrogens (tertiary/aromatic N) is 1. The van der Waals surface area contributed by atoms with Crippen molar-refractivity contribution in [3.8, 4) is 11.8 Å². The number of unbranched alkanes of at least 4 members (excludes halogenated alkanes) is 19. The summed E-state index contributed by atoms with van der Waals surface area (Å²) in [7, 11) is 0. The summed E-state index contributed by atoms with van der Waals surface area (Å²) in [5.74, 6) is 6.49. The van der Waals surface area contributed by atoms with Crippen LogP contribution in [0, 0.1) is 11.8 Å². The van der Waals surface area contributed by atoms with E-state index in [1.165, 1.54) is 128 Å². The molecular formula is C35H53BrN+. The number of hydrogen-bond donors (Lipinski definition) is 0. The molecule has 204 valence electrons. The van der Waals surface area contributed by atoms with Crippen LogP contribution in [-0.2, 0) is 6.54 Å². The van der Waals surface area contributed by atoms with E-state index in [4.69, 9.17) is 0 Å². The fourth-order valence-electron chi connectivity index (χ4n) is 4.92. The molecule has 0 aliphatic carbocycles. The number of benzene rings is 1. The van der Waals surface area contributed by atoms with Crippen LogP contribution in [0.25, 0.3) is 0 Å². The molecule has 0 bridgehead atoms. The second kappa shape index (κ2) is 22.4. The van der Waals surface area contributed by atoms with Crippen LogP contribution in [0.1, 0.15) is 146 Å². The Morgan fingerprint density at radius 3 is 1.24 bits per heavy atom. The molecule has 2 heteroatoms. The lowest BCUT2D eigenvalue weighted by atomic mass is 10.0. The van der Waals surface area contributed by atoms with Gasteiger partial charge in [0.05, 0.1) is 0 Å². The molecule has 0 N–H and O–H groups in total. The van der Waals surface area contributed by atoms with Gasteiger partial charge in [-0.2, -0.15) is 0 Å². The number of halogens is 1. The van der Waals surface area contributed by atoms with Gasteiger partial charge in [0.15, 0.2) is 12.4 Å². The quantitative estimate of drug-likeness (QED) is 0.0802. The first-order valence-corrected chi connectivity index (χ1v) is 16.3. The molecule has 0 amide bonds. The summed E-state index contributed by atoms with van der Waals surface area (Å²) in [5.41, 5.74) is 2.12. The van der Waals surface area contributed by atoms with E-state index in [0.29, 0.717) is 0 Å². The Balaban J connectivity index is 1.34. The van der Waals surface area contributed by atoms with Crippen molar-refractivity contribution >= 4 is 15.9 Å². The highest BCUT2D eigenvalue weighted by Gasteiger charge is 2.01. The van der Waals surface area contributed by atoms with Crippen LogP contribution in [-0.4, -0.2) is 0 Å². The van der Waals surface area contributed by atoms with Crippen LogP contribution in [0.3, 0.4) is 0 Å². The monoisotopic (exact) mass is 566 g/mol. The Kier molecular flexibility index (Phi) is 19.1. The molecule has 2 rings (SSSR count). The highest BCUT2D eigenvalue weighted by Crippen LogP contribution is 2.15. The predicted molar refractivity (Wildman–Crippen MR) is 165 cm³/mol. The van der Waals surface area contributed by atoms with Gasteiger partial charge >= 0.3 is 0 Å². The maximum absolute atomic E-state index is 3.46. The average molecular weight is 568 g/mol. The smallest absolute Gasteiger partial charge is 0.170 e. The van der Waals surface area contributed by atoms with Gasteiger partial charge in [0.2, 0.25) is 0 Å². The maximum Gasteiger partial charge on any atom is 0.170 e. The SMILES string of the molecule is CCCCCCCCCCCCCCCCCCCCCC[n+]1ccc(C#Cc2ccc(Br)cc2)cc1. The van der Waals surface area contributed by atoms with Crippen LogP contribution in [0.2, 0.25) is 0 Å². The van der Waals surface area contributed by atoms with Gasteiger partial charge < -0.3 is 0 Å². The molecule has 0 atom stereocenters. The van der Waals surface area contributed by atoms with Gasteiger partial charge in [-0.3, -0.25) is 0 Å². The topological polar surface area (TPSA) is 3.88 Å². The Bertz CT molecular complexity index is 844. The lowest BCUT2D eigenvalue weighted by Gasteiger charge is -2.04. The molecule has 0 aliphatic rings. The number of aryl methyl sites for hydroxylation is 1. The molecule has 37 heavy (non-hydrogen) atoms. The fourth-order valence-corrected chi connectivity index (χ4v) is 5.18. The van der Waals surface area contributed by atoms with Gasteiger partial charge in [0.25, 0.3) is 0 Å². The van der Waals surface area contributed by atoms with E-state index in [9.17, 15) is 0 Å². The minimum Gasteiger partial charge on any atom is -0.205 e. The first-order valence-electron chi connectivity index (χ1n) is 15.5. The fraction of sp³-hybridized carbons (Fsp3) is 0.629. The highest BCUT2D eigenvalue weighted by atomic mass is 79.9. The lowest BCUT2D eigenvalue weighted by Crippen LogP contribution is -2.32. The number of hydrogen-bond acceptors (Lipinski definition) is 0. The van der Waals surface area contributed by atoms with E-state index in [-0.39, 0.29) is 0 Å². The summed E-state index contributed by atoms with van der Waals surface area (Å²) in [6, 6.07) is 12.4. The summed E-state index contributed by atoms with van der Waals surface area (Å²) in [6.45, 7) is 3.41. The van der Waals surface area contributed by atoms with Crippen molar-refractivity contribution in [2.24, 2.45) is 0 Å². The van der Waals surface area contributed by atoms with Crippen molar-refractivity contribution in [1.82, 2.24) is 0 Å². The molecule has 0 fully saturated rings. The zero-order valence-corrected chi connectivity index (χ0v) is 25.4. The zero-order valence-electron chi connectivity index (χ0n) is 23.8. The Morgan fingerprint density at radius 1 is 0.486 bits per heavy atom. The minimum atomic E-state index is 1.05. The van der Waals surface area contributed by atoms with Crippen molar-refractivity contribution in [2.75, 3.05) is 0 Å². The number of pyridine rings is 1. The van der Waals surface area contributed by atoms with Crippen molar-refractivity contribution in [3.05, 3.63) is 64.4 Å². The molecular weight excluding hydrogens is 514 g/mol. The van der Waals surface area contributed by atoms with E-state index in [1.54, 1.807) is 0 Å².